The van der Waals surface area contributed by atoms with Crippen LogP contribution in [-0.2, 0) is 9.47 Å². The molecular formula is C14H18Cl2O3. The van der Waals surface area contributed by atoms with E-state index in [9.17, 15) is 0 Å². The van der Waals surface area contributed by atoms with E-state index in [0.29, 0.717) is 29.0 Å². The first kappa shape index (κ1) is 16.3. The molecule has 0 heterocycles. The summed E-state index contributed by atoms with van der Waals surface area (Å²) in [4.78, 5) is 0. The van der Waals surface area contributed by atoms with Crippen LogP contribution in [0, 0.1) is 0 Å². The number of hydrogen-bond acceptors (Lipinski definition) is 3. The summed E-state index contributed by atoms with van der Waals surface area (Å²) in [5, 5.41) is 0.943. The molecule has 106 valence electrons. The molecule has 0 aliphatic carbocycles. The second-order valence-electron chi connectivity index (χ2n) is 3.66. The predicted octanol–water partition coefficient (Wildman–Crippen LogP) is 4.41. The Morgan fingerprint density at radius 1 is 1.11 bits per heavy atom. The van der Waals surface area contributed by atoms with E-state index < -0.39 is 0 Å². The summed E-state index contributed by atoms with van der Waals surface area (Å²) >= 11 is 12.1. The number of methoxy groups -OCH3 is 1. The van der Waals surface area contributed by atoms with Gasteiger partial charge in [-0.1, -0.05) is 29.3 Å². The van der Waals surface area contributed by atoms with Gasteiger partial charge in [-0.2, -0.15) is 0 Å². The van der Waals surface area contributed by atoms with Crippen LogP contribution in [0.5, 0.6) is 5.75 Å². The van der Waals surface area contributed by atoms with Gasteiger partial charge in [-0.3, -0.25) is 0 Å². The number of hydrogen-bond donors (Lipinski definition) is 0. The molecule has 0 atom stereocenters. The third kappa shape index (κ3) is 5.03. The molecule has 0 bridgehead atoms. The maximum atomic E-state index is 6.07. The van der Waals surface area contributed by atoms with E-state index in [1.165, 1.54) is 7.11 Å². The Balaban J connectivity index is 2.86. The first-order valence-electron chi connectivity index (χ1n) is 6.06. The molecule has 0 aromatic heterocycles. The molecule has 0 saturated carbocycles. The lowest BCUT2D eigenvalue weighted by Gasteiger charge is -2.12. The summed E-state index contributed by atoms with van der Waals surface area (Å²) in [5.74, 6) is 0.478. The summed E-state index contributed by atoms with van der Waals surface area (Å²) in [6, 6.07) is 3.55. The quantitative estimate of drug-likeness (QED) is 0.698. The zero-order valence-electron chi connectivity index (χ0n) is 11.3. The van der Waals surface area contributed by atoms with Gasteiger partial charge >= 0.3 is 0 Å². The molecule has 0 aliphatic heterocycles. The largest absolute Gasteiger partial charge is 0.494 e. The van der Waals surface area contributed by atoms with Gasteiger partial charge in [-0.15, -0.1) is 0 Å². The molecule has 1 rings (SSSR count). The molecule has 0 radical (unpaired) electrons. The smallest absolute Gasteiger partial charge is 0.177 e. The number of halogens is 2. The van der Waals surface area contributed by atoms with Crippen LogP contribution in [0.3, 0.4) is 0 Å². The molecule has 0 N–H and O–H groups in total. The van der Waals surface area contributed by atoms with E-state index in [0.717, 1.165) is 5.56 Å². The minimum Gasteiger partial charge on any atom is -0.494 e. The van der Waals surface area contributed by atoms with Crippen LogP contribution in [0.4, 0.5) is 0 Å². The highest BCUT2D eigenvalue weighted by molar-refractivity contribution is 6.37. The van der Waals surface area contributed by atoms with Gasteiger partial charge in [0.1, 0.15) is 0 Å². The van der Waals surface area contributed by atoms with Gasteiger partial charge < -0.3 is 14.2 Å². The van der Waals surface area contributed by atoms with Gasteiger partial charge in [0.2, 0.25) is 0 Å². The highest BCUT2D eigenvalue weighted by atomic mass is 35.5. The van der Waals surface area contributed by atoms with E-state index in [2.05, 4.69) is 0 Å². The van der Waals surface area contributed by atoms with Crippen LogP contribution in [0.15, 0.2) is 18.2 Å². The molecule has 19 heavy (non-hydrogen) atoms. The Hall–Kier alpha value is -0.740. The van der Waals surface area contributed by atoms with Crippen molar-refractivity contribution in [3.05, 3.63) is 33.8 Å². The minimum atomic E-state index is -0.366. The Bertz CT molecular complexity index is 404. The molecule has 1 aromatic carbocycles. The van der Waals surface area contributed by atoms with Crippen LogP contribution in [0.1, 0.15) is 19.4 Å². The first-order chi connectivity index (χ1) is 9.12. The average Bonchev–Trinajstić information content (AvgIpc) is 2.36. The van der Waals surface area contributed by atoms with E-state index >= 15 is 0 Å². The van der Waals surface area contributed by atoms with Crippen LogP contribution < -0.4 is 4.74 Å². The molecular weight excluding hydrogens is 287 g/mol. The van der Waals surface area contributed by atoms with Crippen molar-refractivity contribution in [1.82, 2.24) is 0 Å². The molecule has 0 fully saturated rings. The molecule has 0 unspecified atom stereocenters. The Morgan fingerprint density at radius 3 is 2.05 bits per heavy atom. The van der Waals surface area contributed by atoms with Gasteiger partial charge in [0, 0.05) is 13.2 Å². The summed E-state index contributed by atoms with van der Waals surface area (Å²) < 4.78 is 15.9. The van der Waals surface area contributed by atoms with Crippen LogP contribution in [-0.4, -0.2) is 26.6 Å². The van der Waals surface area contributed by atoms with Gasteiger partial charge in [-0.05, 0) is 37.6 Å². The van der Waals surface area contributed by atoms with Gasteiger partial charge in [0.05, 0.1) is 17.2 Å². The zero-order chi connectivity index (χ0) is 14.3. The third-order valence-corrected chi connectivity index (χ3v) is 2.89. The average molecular weight is 305 g/mol. The Labute approximate surface area is 124 Å². The third-order valence-electron chi connectivity index (χ3n) is 2.33. The van der Waals surface area contributed by atoms with Crippen molar-refractivity contribution >= 4 is 29.3 Å². The van der Waals surface area contributed by atoms with Crippen molar-refractivity contribution in [1.29, 1.82) is 0 Å². The van der Waals surface area contributed by atoms with Crippen molar-refractivity contribution in [3.8, 4) is 5.75 Å². The van der Waals surface area contributed by atoms with Crippen molar-refractivity contribution < 1.29 is 14.2 Å². The van der Waals surface area contributed by atoms with E-state index in [1.54, 1.807) is 12.1 Å². The predicted molar refractivity (Wildman–Crippen MR) is 79.1 cm³/mol. The molecule has 0 spiro atoms. The summed E-state index contributed by atoms with van der Waals surface area (Å²) in [6.07, 6.45) is 3.31. The minimum absolute atomic E-state index is 0.366. The highest BCUT2D eigenvalue weighted by Crippen LogP contribution is 2.34. The monoisotopic (exact) mass is 304 g/mol. The molecule has 0 saturated heterocycles. The maximum Gasteiger partial charge on any atom is 0.177 e. The van der Waals surface area contributed by atoms with Crippen molar-refractivity contribution in [2.75, 3.05) is 20.3 Å². The lowest BCUT2D eigenvalue weighted by Crippen LogP contribution is -2.13. The summed E-state index contributed by atoms with van der Waals surface area (Å²) in [7, 11) is 1.53. The van der Waals surface area contributed by atoms with E-state index in [4.69, 9.17) is 37.4 Å². The van der Waals surface area contributed by atoms with Crippen molar-refractivity contribution in [2.24, 2.45) is 0 Å². The van der Waals surface area contributed by atoms with Gasteiger partial charge in [-0.25, -0.2) is 0 Å². The number of ether oxygens (including phenoxy) is 3. The Kier molecular flexibility index (Phi) is 7.24. The second kappa shape index (κ2) is 8.43. The molecule has 1 aromatic rings. The summed E-state index contributed by atoms with van der Waals surface area (Å²) in [5.41, 5.74) is 0.861. The molecule has 0 aliphatic rings. The molecule has 5 heteroatoms. The van der Waals surface area contributed by atoms with Gasteiger partial charge in [0.15, 0.2) is 12.0 Å². The highest BCUT2D eigenvalue weighted by Gasteiger charge is 2.08. The second-order valence-corrected chi connectivity index (χ2v) is 4.47. The normalized spacial score (nSPS) is 11.5. The van der Waals surface area contributed by atoms with Gasteiger partial charge in [0.25, 0.3) is 0 Å². The van der Waals surface area contributed by atoms with E-state index in [-0.39, 0.29) is 6.29 Å². The molecule has 3 nitrogen and oxygen atoms in total. The number of rotatable bonds is 7. The van der Waals surface area contributed by atoms with Crippen LogP contribution >= 0.6 is 23.2 Å². The topological polar surface area (TPSA) is 27.7 Å². The maximum absolute atomic E-state index is 6.07. The van der Waals surface area contributed by atoms with Crippen molar-refractivity contribution in [2.45, 2.75) is 20.1 Å². The SMILES string of the molecule is CCOC(/C=C/c1cc(Cl)c(OC)c(Cl)c1)OCC. The van der Waals surface area contributed by atoms with Crippen LogP contribution in [0.2, 0.25) is 10.0 Å². The zero-order valence-corrected chi connectivity index (χ0v) is 12.8. The Morgan fingerprint density at radius 2 is 1.63 bits per heavy atom. The fourth-order valence-corrected chi connectivity index (χ4v) is 2.21. The van der Waals surface area contributed by atoms with Crippen molar-refractivity contribution in [3.63, 3.8) is 0 Å². The number of benzene rings is 1. The first-order valence-corrected chi connectivity index (χ1v) is 6.82. The van der Waals surface area contributed by atoms with E-state index in [1.807, 2.05) is 26.0 Å². The standard InChI is InChI=1S/C14H18Cl2O3/c1-4-18-13(19-5-2)7-6-10-8-11(15)14(17-3)12(16)9-10/h6-9,13H,4-5H2,1-3H3/b7-6+. The lowest BCUT2D eigenvalue weighted by atomic mass is 10.2. The lowest BCUT2D eigenvalue weighted by molar-refractivity contribution is -0.103. The summed E-state index contributed by atoms with van der Waals surface area (Å²) in [6.45, 7) is 5.00. The molecule has 0 amide bonds. The fraction of sp³-hybridized carbons (Fsp3) is 0.429. The van der Waals surface area contributed by atoms with Crippen LogP contribution in [0.25, 0.3) is 6.08 Å². The fourth-order valence-electron chi connectivity index (χ4n) is 1.55.